The zero-order chi connectivity index (χ0) is 21.0. The summed E-state index contributed by atoms with van der Waals surface area (Å²) in [5.74, 6) is -0.618. The molecule has 1 N–H and O–H groups in total. The van der Waals surface area contributed by atoms with E-state index in [2.05, 4.69) is 10.2 Å². The molecule has 1 amide bonds. The number of carbonyl (C=O) groups is 1. The predicted octanol–water partition coefficient (Wildman–Crippen LogP) is 3.45. The molecule has 154 valence electrons. The number of carbonyl (C=O) groups excluding carboxylic acids is 1. The molecule has 0 bridgehead atoms. The van der Waals surface area contributed by atoms with Crippen molar-refractivity contribution in [2.75, 3.05) is 38.0 Å². The number of piperazine rings is 1. The quantitative estimate of drug-likeness (QED) is 0.572. The Labute approximate surface area is 173 Å². The van der Waals surface area contributed by atoms with E-state index >= 15 is 0 Å². The summed E-state index contributed by atoms with van der Waals surface area (Å²) in [6.07, 6.45) is 0. The van der Waals surface area contributed by atoms with Crippen LogP contribution in [0.4, 0.5) is 15.8 Å². The van der Waals surface area contributed by atoms with Gasteiger partial charge in [0.1, 0.15) is 11.5 Å². The average Bonchev–Trinajstić information content (AvgIpc) is 2.67. The average molecular weight is 421 g/mol. The maximum atomic E-state index is 14.0. The number of rotatable bonds is 6. The Kier molecular flexibility index (Phi) is 6.79. The number of amides is 1. The van der Waals surface area contributed by atoms with Gasteiger partial charge in [0, 0.05) is 49.4 Å². The van der Waals surface area contributed by atoms with Gasteiger partial charge in [-0.15, -0.1) is 0 Å². The molecular weight excluding hydrogens is 399 g/mol. The molecule has 2 aromatic carbocycles. The molecule has 1 heterocycles. The van der Waals surface area contributed by atoms with Crippen LogP contribution in [-0.2, 0) is 11.3 Å². The first-order chi connectivity index (χ1) is 13.8. The molecule has 0 radical (unpaired) electrons. The van der Waals surface area contributed by atoms with Crippen LogP contribution in [-0.4, -0.2) is 53.4 Å². The zero-order valence-corrected chi connectivity index (χ0v) is 16.8. The Balaban J connectivity index is 1.54. The lowest BCUT2D eigenvalue weighted by Gasteiger charge is -2.34. The summed E-state index contributed by atoms with van der Waals surface area (Å²) in [5.41, 5.74) is 1.23. The molecule has 3 rings (SSSR count). The van der Waals surface area contributed by atoms with Gasteiger partial charge in [-0.25, -0.2) is 4.39 Å². The lowest BCUT2D eigenvalue weighted by molar-refractivity contribution is -0.384. The van der Waals surface area contributed by atoms with E-state index in [9.17, 15) is 19.3 Å². The Morgan fingerprint density at radius 1 is 1.17 bits per heavy atom. The van der Waals surface area contributed by atoms with Gasteiger partial charge < -0.3 is 5.32 Å². The van der Waals surface area contributed by atoms with Crippen LogP contribution in [0.15, 0.2) is 36.4 Å². The summed E-state index contributed by atoms with van der Waals surface area (Å²) in [7, 11) is 0. The van der Waals surface area contributed by atoms with Crippen LogP contribution in [0.3, 0.4) is 0 Å². The monoisotopic (exact) mass is 420 g/mol. The number of hydrogen-bond acceptors (Lipinski definition) is 5. The molecular formula is C20H22ClFN4O3. The number of anilines is 1. The molecule has 2 aromatic rings. The first-order valence-electron chi connectivity index (χ1n) is 9.26. The van der Waals surface area contributed by atoms with E-state index in [0.717, 1.165) is 0 Å². The summed E-state index contributed by atoms with van der Waals surface area (Å²) in [5, 5.41) is 14.3. The molecule has 1 aliphatic heterocycles. The smallest absolute Gasteiger partial charge is 0.293 e. The Bertz CT molecular complexity index is 896. The van der Waals surface area contributed by atoms with Crippen LogP contribution in [0.2, 0.25) is 5.02 Å². The third kappa shape index (κ3) is 5.29. The summed E-state index contributed by atoms with van der Waals surface area (Å²) in [6.45, 7) is 4.88. The Hall–Kier alpha value is -2.55. The SMILES string of the molecule is Cc1cccc([N+](=O)[O-])c1NC(=O)CN1CCN(Cc2c(F)cccc2Cl)CC1. The number of benzene rings is 2. The lowest BCUT2D eigenvalue weighted by atomic mass is 10.1. The van der Waals surface area contributed by atoms with E-state index in [1.165, 1.54) is 12.1 Å². The largest absolute Gasteiger partial charge is 0.319 e. The molecule has 1 aliphatic rings. The van der Waals surface area contributed by atoms with Crippen LogP contribution in [0.5, 0.6) is 0 Å². The maximum Gasteiger partial charge on any atom is 0.293 e. The highest BCUT2D eigenvalue weighted by atomic mass is 35.5. The van der Waals surface area contributed by atoms with E-state index < -0.39 is 4.92 Å². The standard InChI is InChI=1S/C20H22ClFN4O3/c1-14-4-2-7-18(26(28)29)20(14)23-19(27)13-25-10-8-24(9-11-25)12-15-16(21)5-3-6-17(15)22/h2-7H,8-13H2,1H3,(H,23,27). The second-order valence-electron chi connectivity index (χ2n) is 7.03. The molecule has 0 spiro atoms. The molecule has 0 aromatic heterocycles. The molecule has 1 fully saturated rings. The van der Waals surface area contributed by atoms with Gasteiger partial charge >= 0.3 is 0 Å². The van der Waals surface area contributed by atoms with Crippen molar-refractivity contribution in [3.8, 4) is 0 Å². The van der Waals surface area contributed by atoms with Crippen molar-refractivity contribution < 1.29 is 14.1 Å². The molecule has 0 unspecified atom stereocenters. The van der Waals surface area contributed by atoms with Crippen LogP contribution < -0.4 is 5.32 Å². The highest BCUT2D eigenvalue weighted by Gasteiger charge is 2.23. The number of nitro groups is 1. The highest BCUT2D eigenvalue weighted by Crippen LogP contribution is 2.27. The van der Waals surface area contributed by atoms with Crippen molar-refractivity contribution in [1.29, 1.82) is 0 Å². The Morgan fingerprint density at radius 3 is 2.48 bits per heavy atom. The topological polar surface area (TPSA) is 78.7 Å². The number of nitrogens with one attached hydrogen (secondary N) is 1. The van der Waals surface area contributed by atoms with Crippen molar-refractivity contribution in [1.82, 2.24) is 9.80 Å². The van der Waals surface area contributed by atoms with Crippen LogP contribution in [0, 0.1) is 22.9 Å². The van der Waals surface area contributed by atoms with E-state index in [4.69, 9.17) is 11.6 Å². The minimum Gasteiger partial charge on any atom is -0.319 e. The van der Waals surface area contributed by atoms with E-state index in [1.807, 2.05) is 4.90 Å². The number of aryl methyl sites for hydroxylation is 1. The van der Waals surface area contributed by atoms with Gasteiger partial charge in [0.2, 0.25) is 5.91 Å². The van der Waals surface area contributed by atoms with Crippen molar-refractivity contribution in [3.63, 3.8) is 0 Å². The van der Waals surface area contributed by atoms with E-state index in [-0.39, 0.29) is 29.6 Å². The predicted molar refractivity (Wildman–Crippen MR) is 110 cm³/mol. The number of nitrogens with zero attached hydrogens (tertiary/aromatic N) is 3. The molecule has 29 heavy (non-hydrogen) atoms. The molecule has 0 atom stereocenters. The van der Waals surface area contributed by atoms with Gasteiger partial charge in [0.25, 0.3) is 5.69 Å². The fraction of sp³-hybridized carbons (Fsp3) is 0.350. The minimum absolute atomic E-state index is 0.120. The lowest BCUT2D eigenvalue weighted by Crippen LogP contribution is -2.48. The fourth-order valence-corrected chi connectivity index (χ4v) is 3.58. The summed E-state index contributed by atoms with van der Waals surface area (Å²) < 4.78 is 14.0. The summed E-state index contributed by atoms with van der Waals surface area (Å²) in [4.78, 5) is 27.1. The zero-order valence-electron chi connectivity index (χ0n) is 16.0. The first kappa shape index (κ1) is 21.2. The van der Waals surface area contributed by atoms with E-state index in [1.54, 1.807) is 31.2 Å². The van der Waals surface area contributed by atoms with Crippen molar-refractivity contribution in [2.24, 2.45) is 0 Å². The first-order valence-corrected chi connectivity index (χ1v) is 9.64. The van der Waals surface area contributed by atoms with Gasteiger partial charge in [-0.2, -0.15) is 0 Å². The van der Waals surface area contributed by atoms with Gasteiger partial charge in [0.15, 0.2) is 0 Å². The Morgan fingerprint density at radius 2 is 1.83 bits per heavy atom. The minimum atomic E-state index is -0.505. The number of para-hydroxylation sites is 1. The number of nitro benzene ring substituents is 1. The van der Waals surface area contributed by atoms with Gasteiger partial charge in [-0.05, 0) is 24.6 Å². The third-order valence-corrected chi connectivity index (χ3v) is 5.34. The van der Waals surface area contributed by atoms with Gasteiger partial charge in [-0.3, -0.25) is 24.7 Å². The van der Waals surface area contributed by atoms with Gasteiger partial charge in [0.05, 0.1) is 11.5 Å². The molecule has 0 aliphatic carbocycles. The van der Waals surface area contributed by atoms with Crippen LogP contribution in [0.1, 0.15) is 11.1 Å². The fourth-order valence-electron chi connectivity index (χ4n) is 3.36. The molecule has 9 heteroatoms. The number of hydrogen-bond donors (Lipinski definition) is 1. The third-order valence-electron chi connectivity index (χ3n) is 4.99. The van der Waals surface area contributed by atoms with Gasteiger partial charge in [-0.1, -0.05) is 29.8 Å². The molecule has 1 saturated heterocycles. The second-order valence-corrected chi connectivity index (χ2v) is 7.43. The van der Waals surface area contributed by atoms with Crippen molar-refractivity contribution in [3.05, 3.63) is 68.5 Å². The normalized spacial score (nSPS) is 15.3. The maximum absolute atomic E-state index is 14.0. The summed E-state index contributed by atoms with van der Waals surface area (Å²) in [6, 6.07) is 9.32. The second kappa shape index (κ2) is 9.30. The van der Waals surface area contributed by atoms with Crippen LogP contribution >= 0.6 is 11.6 Å². The van der Waals surface area contributed by atoms with Crippen LogP contribution in [0.25, 0.3) is 0 Å². The number of halogens is 2. The van der Waals surface area contributed by atoms with E-state index in [0.29, 0.717) is 48.9 Å². The highest BCUT2D eigenvalue weighted by molar-refractivity contribution is 6.31. The van der Waals surface area contributed by atoms with Crippen molar-refractivity contribution >= 4 is 28.9 Å². The van der Waals surface area contributed by atoms with Crippen molar-refractivity contribution in [2.45, 2.75) is 13.5 Å². The summed E-state index contributed by atoms with van der Waals surface area (Å²) >= 11 is 6.09. The molecule has 7 nitrogen and oxygen atoms in total. The molecule has 0 saturated carbocycles.